The molecule has 21 heavy (non-hydrogen) atoms. The molecule has 2 aromatic heterocycles. The summed E-state index contributed by atoms with van der Waals surface area (Å²) in [7, 11) is 0. The van der Waals surface area contributed by atoms with Crippen LogP contribution in [-0.4, -0.2) is 14.6 Å². The van der Waals surface area contributed by atoms with E-state index in [4.69, 9.17) is 0 Å². The number of imidazole rings is 1. The van der Waals surface area contributed by atoms with Crippen molar-refractivity contribution in [2.75, 3.05) is 0 Å². The molecule has 0 aliphatic rings. The summed E-state index contributed by atoms with van der Waals surface area (Å²) in [6.45, 7) is 5.89. The zero-order valence-electron chi connectivity index (χ0n) is 12.1. The molecule has 0 radical (unpaired) electrons. The van der Waals surface area contributed by atoms with Gasteiger partial charge in [-0.3, -0.25) is 0 Å². The summed E-state index contributed by atoms with van der Waals surface area (Å²) in [4.78, 5) is 4.47. The zero-order valence-corrected chi connectivity index (χ0v) is 12.1. The van der Waals surface area contributed by atoms with E-state index in [1.165, 1.54) is 12.1 Å². The summed E-state index contributed by atoms with van der Waals surface area (Å²) < 4.78 is 28.9. The fourth-order valence-corrected chi connectivity index (χ4v) is 2.44. The van der Waals surface area contributed by atoms with Crippen LogP contribution >= 0.6 is 0 Å². The number of hydrogen-bond acceptors (Lipinski definition) is 2. The van der Waals surface area contributed by atoms with Crippen molar-refractivity contribution in [1.29, 1.82) is 0 Å². The number of halogens is 2. The second-order valence-corrected chi connectivity index (χ2v) is 5.37. The third-order valence-electron chi connectivity index (χ3n) is 3.38. The van der Waals surface area contributed by atoms with Crippen LogP contribution in [0.2, 0.25) is 0 Å². The molecule has 5 heteroatoms. The second-order valence-electron chi connectivity index (χ2n) is 5.37. The van der Waals surface area contributed by atoms with Gasteiger partial charge in [0.05, 0.1) is 17.1 Å². The van der Waals surface area contributed by atoms with Crippen molar-refractivity contribution in [3.05, 3.63) is 53.4 Å². The summed E-state index contributed by atoms with van der Waals surface area (Å²) in [5.41, 5.74) is 3.14. The average Bonchev–Trinajstić information content (AvgIpc) is 2.76. The van der Waals surface area contributed by atoms with Crippen LogP contribution in [0.15, 0.2) is 30.3 Å². The minimum atomic E-state index is -0.614. The lowest BCUT2D eigenvalue weighted by Crippen LogP contribution is -2.02. The summed E-state index contributed by atoms with van der Waals surface area (Å²) >= 11 is 0. The lowest BCUT2D eigenvalue weighted by molar-refractivity contribution is 0.585. The van der Waals surface area contributed by atoms with Crippen molar-refractivity contribution < 1.29 is 8.78 Å². The van der Waals surface area contributed by atoms with Gasteiger partial charge in [-0.15, -0.1) is 0 Å². The average molecular weight is 287 g/mol. The smallest absolute Gasteiger partial charge is 0.154 e. The Labute approximate surface area is 121 Å². The first-order valence-electron chi connectivity index (χ1n) is 6.79. The molecule has 0 fully saturated rings. The van der Waals surface area contributed by atoms with E-state index in [2.05, 4.69) is 10.1 Å². The predicted octanol–water partition coefficient (Wildman–Crippen LogP) is 4.11. The summed E-state index contributed by atoms with van der Waals surface area (Å²) in [5, 5.41) is 4.45. The molecule has 0 aliphatic heterocycles. The van der Waals surface area contributed by atoms with Gasteiger partial charge in [0.15, 0.2) is 5.65 Å². The van der Waals surface area contributed by atoms with Gasteiger partial charge in [-0.25, -0.2) is 18.3 Å². The Bertz CT molecular complexity index is 822. The number of fused-ring (bicyclic) bond motifs is 1. The number of hydrogen-bond donors (Lipinski definition) is 0. The largest absolute Gasteiger partial charge is 0.227 e. The van der Waals surface area contributed by atoms with Crippen LogP contribution in [0.3, 0.4) is 0 Å². The topological polar surface area (TPSA) is 30.2 Å². The number of aryl methyl sites for hydroxylation is 1. The number of benzene rings is 1. The molecule has 1 aromatic carbocycles. The second kappa shape index (κ2) is 4.91. The van der Waals surface area contributed by atoms with Crippen molar-refractivity contribution in [3.8, 4) is 11.3 Å². The number of nitrogens with zero attached hydrogens (tertiary/aromatic N) is 3. The van der Waals surface area contributed by atoms with Gasteiger partial charge in [0, 0.05) is 11.6 Å². The van der Waals surface area contributed by atoms with Crippen LogP contribution in [0.25, 0.3) is 16.9 Å². The van der Waals surface area contributed by atoms with Crippen LogP contribution in [-0.2, 0) is 0 Å². The van der Waals surface area contributed by atoms with Gasteiger partial charge < -0.3 is 0 Å². The van der Waals surface area contributed by atoms with Gasteiger partial charge in [-0.2, -0.15) is 5.10 Å². The highest BCUT2D eigenvalue weighted by molar-refractivity contribution is 5.67. The molecule has 108 valence electrons. The van der Waals surface area contributed by atoms with Gasteiger partial charge in [0.2, 0.25) is 0 Å². The maximum atomic E-state index is 14.1. The van der Waals surface area contributed by atoms with Crippen molar-refractivity contribution in [1.82, 2.24) is 14.6 Å². The summed E-state index contributed by atoms with van der Waals surface area (Å²) in [6.07, 6.45) is 0. The maximum absolute atomic E-state index is 14.1. The van der Waals surface area contributed by atoms with E-state index in [0.29, 0.717) is 16.9 Å². The fraction of sp³-hybridized carbons (Fsp3) is 0.250. The molecule has 0 spiro atoms. The molecule has 0 N–H and O–H groups in total. The van der Waals surface area contributed by atoms with E-state index in [-0.39, 0.29) is 5.92 Å². The minimum Gasteiger partial charge on any atom is -0.227 e. The van der Waals surface area contributed by atoms with E-state index in [1.54, 1.807) is 4.52 Å². The predicted molar refractivity (Wildman–Crippen MR) is 77.2 cm³/mol. The van der Waals surface area contributed by atoms with Crippen LogP contribution in [0.1, 0.15) is 31.2 Å². The quantitative estimate of drug-likeness (QED) is 0.710. The van der Waals surface area contributed by atoms with E-state index < -0.39 is 11.6 Å². The van der Waals surface area contributed by atoms with Crippen molar-refractivity contribution in [3.63, 3.8) is 0 Å². The SMILES string of the molecule is Cc1ccc2nc(-c3ccc(F)cc3F)c(C(C)C)n2n1. The fourth-order valence-electron chi connectivity index (χ4n) is 2.44. The van der Waals surface area contributed by atoms with E-state index in [0.717, 1.165) is 17.5 Å². The molecule has 3 aromatic rings. The molecule has 3 rings (SSSR count). The summed E-state index contributed by atoms with van der Waals surface area (Å²) in [5.74, 6) is -1.11. The molecule has 0 unspecified atom stereocenters. The molecular weight excluding hydrogens is 272 g/mol. The molecule has 0 aliphatic carbocycles. The van der Waals surface area contributed by atoms with Gasteiger partial charge in [0.1, 0.15) is 11.6 Å². The number of aromatic nitrogens is 3. The molecular formula is C16H15F2N3. The maximum Gasteiger partial charge on any atom is 0.154 e. The van der Waals surface area contributed by atoms with Crippen LogP contribution in [0.4, 0.5) is 8.78 Å². The Hall–Kier alpha value is -2.30. The van der Waals surface area contributed by atoms with Gasteiger partial charge in [0.25, 0.3) is 0 Å². The van der Waals surface area contributed by atoms with E-state index in [1.807, 2.05) is 32.9 Å². The lowest BCUT2D eigenvalue weighted by atomic mass is 10.0. The number of rotatable bonds is 2. The molecule has 0 saturated heterocycles. The molecule has 3 nitrogen and oxygen atoms in total. The molecule has 0 bridgehead atoms. The van der Waals surface area contributed by atoms with Crippen molar-refractivity contribution in [2.45, 2.75) is 26.7 Å². The molecule has 0 saturated carbocycles. The lowest BCUT2D eigenvalue weighted by Gasteiger charge is -2.08. The Morgan fingerprint density at radius 1 is 1.10 bits per heavy atom. The monoisotopic (exact) mass is 287 g/mol. The van der Waals surface area contributed by atoms with Gasteiger partial charge in [-0.05, 0) is 37.1 Å². The normalized spacial score (nSPS) is 11.5. The van der Waals surface area contributed by atoms with Crippen LogP contribution in [0.5, 0.6) is 0 Å². The van der Waals surface area contributed by atoms with E-state index in [9.17, 15) is 8.78 Å². The van der Waals surface area contributed by atoms with Gasteiger partial charge in [-0.1, -0.05) is 13.8 Å². The highest BCUT2D eigenvalue weighted by Gasteiger charge is 2.20. The highest BCUT2D eigenvalue weighted by Crippen LogP contribution is 2.31. The first-order chi connectivity index (χ1) is 9.97. The molecule has 2 heterocycles. The standard InChI is InChI=1S/C16H15F2N3/c1-9(2)16-15(12-6-5-11(17)8-13(12)18)19-14-7-4-10(3)20-21(14)16/h4-9H,1-3H3. The third-order valence-corrected chi connectivity index (χ3v) is 3.38. The van der Waals surface area contributed by atoms with Crippen LogP contribution < -0.4 is 0 Å². The Balaban J connectivity index is 2.34. The highest BCUT2D eigenvalue weighted by atomic mass is 19.1. The van der Waals surface area contributed by atoms with Crippen molar-refractivity contribution >= 4 is 5.65 Å². The Morgan fingerprint density at radius 2 is 1.86 bits per heavy atom. The van der Waals surface area contributed by atoms with Crippen molar-refractivity contribution in [2.24, 2.45) is 0 Å². The Kier molecular flexibility index (Phi) is 3.20. The Morgan fingerprint density at radius 3 is 2.52 bits per heavy atom. The van der Waals surface area contributed by atoms with Gasteiger partial charge >= 0.3 is 0 Å². The molecule has 0 amide bonds. The van der Waals surface area contributed by atoms with E-state index >= 15 is 0 Å². The first kappa shape index (κ1) is 13.7. The zero-order chi connectivity index (χ0) is 15.1. The third kappa shape index (κ3) is 2.28. The first-order valence-corrected chi connectivity index (χ1v) is 6.79. The minimum absolute atomic E-state index is 0.105. The van der Waals surface area contributed by atoms with Crippen LogP contribution in [0, 0.1) is 18.6 Å². The summed E-state index contributed by atoms with van der Waals surface area (Å²) in [6, 6.07) is 7.24. The molecule has 0 atom stereocenters.